The van der Waals surface area contributed by atoms with Gasteiger partial charge in [-0.15, -0.1) is 0 Å². The van der Waals surface area contributed by atoms with E-state index in [4.69, 9.17) is 9.84 Å². The first-order valence-corrected chi connectivity index (χ1v) is 8.85. The van der Waals surface area contributed by atoms with E-state index in [0.717, 1.165) is 18.4 Å². The van der Waals surface area contributed by atoms with Crippen molar-refractivity contribution < 1.29 is 33.0 Å². The van der Waals surface area contributed by atoms with Crippen molar-refractivity contribution in [3.8, 4) is 11.5 Å². The largest absolute Gasteiger partial charge is 0.508 e. The van der Waals surface area contributed by atoms with Gasteiger partial charge in [0.1, 0.15) is 17.1 Å². The van der Waals surface area contributed by atoms with Crippen molar-refractivity contribution >= 4 is 27.4 Å². The first kappa shape index (κ1) is 18.3. The molecule has 0 heterocycles. The lowest BCUT2D eigenvalue weighted by Gasteiger charge is -2.10. The number of hydrogen-bond acceptors (Lipinski definition) is 7. The number of benzene rings is 2. The minimum Gasteiger partial charge on any atom is -0.508 e. The molecular formula is C16H15NO7S. The Morgan fingerprint density at radius 1 is 1.12 bits per heavy atom. The zero-order valence-corrected chi connectivity index (χ0v) is 13.9. The fourth-order valence-corrected chi connectivity index (χ4v) is 2.83. The first-order chi connectivity index (χ1) is 11.7. The molecule has 2 rings (SSSR count). The highest BCUT2D eigenvalue weighted by atomic mass is 32.2. The molecule has 9 heteroatoms. The second-order valence-electron chi connectivity index (χ2n) is 5.09. The van der Waals surface area contributed by atoms with E-state index in [1.165, 1.54) is 24.3 Å². The van der Waals surface area contributed by atoms with Crippen LogP contribution in [0.1, 0.15) is 10.4 Å². The van der Waals surface area contributed by atoms with Gasteiger partial charge < -0.3 is 20.3 Å². The zero-order chi connectivity index (χ0) is 18.6. The van der Waals surface area contributed by atoms with E-state index in [9.17, 15) is 23.1 Å². The van der Waals surface area contributed by atoms with Gasteiger partial charge >= 0.3 is 5.97 Å². The van der Waals surface area contributed by atoms with Crippen LogP contribution in [0.2, 0.25) is 0 Å². The predicted octanol–water partition coefficient (Wildman–Crippen LogP) is 1.30. The molecule has 8 nitrogen and oxygen atoms in total. The number of para-hydroxylation sites is 1. The third kappa shape index (κ3) is 4.70. The van der Waals surface area contributed by atoms with E-state index in [1.807, 2.05) is 0 Å². The lowest BCUT2D eigenvalue weighted by Crippen LogP contribution is -2.22. The third-order valence-electron chi connectivity index (χ3n) is 3.10. The number of aromatic hydroxyl groups is 2. The maximum absolute atomic E-state index is 11.9. The van der Waals surface area contributed by atoms with Gasteiger partial charge in [-0.25, -0.2) is 13.2 Å². The summed E-state index contributed by atoms with van der Waals surface area (Å²) in [4.78, 5) is 23.6. The fourth-order valence-electron chi connectivity index (χ4n) is 1.98. The van der Waals surface area contributed by atoms with E-state index in [-0.39, 0.29) is 21.9 Å². The van der Waals surface area contributed by atoms with Gasteiger partial charge in [0.15, 0.2) is 16.4 Å². The molecule has 25 heavy (non-hydrogen) atoms. The Hall–Kier alpha value is -3.07. The average molecular weight is 365 g/mol. The minimum absolute atomic E-state index is 0.0640. The predicted molar refractivity (Wildman–Crippen MR) is 88.2 cm³/mol. The average Bonchev–Trinajstić information content (AvgIpc) is 2.52. The fraction of sp³-hybridized carbons (Fsp3) is 0.125. The highest BCUT2D eigenvalue weighted by Crippen LogP contribution is 2.23. The molecule has 0 saturated carbocycles. The van der Waals surface area contributed by atoms with Crippen LogP contribution in [-0.4, -0.2) is 43.4 Å². The summed E-state index contributed by atoms with van der Waals surface area (Å²) >= 11 is 0. The number of esters is 1. The van der Waals surface area contributed by atoms with Gasteiger partial charge in [-0.1, -0.05) is 12.1 Å². The second kappa shape index (κ2) is 7.22. The van der Waals surface area contributed by atoms with E-state index < -0.39 is 34.1 Å². The molecule has 3 N–H and O–H groups in total. The summed E-state index contributed by atoms with van der Waals surface area (Å²) in [7, 11) is -3.54. The minimum atomic E-state index is -3.54. The summed E-state index contributed by atoms with van der Waals surface area (Å²) in [6.45, 7) is -0.683. The van der Waals surface area contributed by atoms with E-state index in [2.05, 4.69) is 5.32 Å². The second-order valence-corrected chi connectivity index (χ2v) is 7.08. The molecule has 0 atom stereocenters. The van der Waals surface area contributed by atoms with Crippen LogP contribution in [0.15, 0.2) is 47.4 Å². The normalized spacial score (nSPS) is 10.9. The number of amides is 1. The van der Waals surface area contributed by atoms with Crippen molar-refractivity contribution in [2.75, 3.05) is 18.2 Å². The number of rotatable bonds is 5. The molecule has 0 fully saturated rings. The number of carbonyl (C=O) groups excluding carboxylic acids is 2. The van der Waals surface area contributed by atoms with Crippen LogP contribution in [0.3, 0.4) is 0 Å². The Balaban J connectivity index is 2.03. The number of carbonyl (C=O) groups is 2. The topological polar surface area (TPSA) is 130 Å². The van der Waals surface area contributed by atoms with Crippen molar-refractivity contribution in [1.29, 1.82) is 0 Å². The monoisotopic (exact) mass is 365 g/mol. The standard InChI is InChI=1S/C16H15NO7S/c1-25(22,23)14-5-3-2-4-12(14)17-15(20)9-24-16(21)11-7-6-10(18)8-13(11)19/h2-8,18-19H,9H2,1H3,(H,17,20). The molecule has 0 aliphatic rings. The van der Waals surface area contributed by atoms with Gasteiger partial charge in [0.25, 0.3) is 5.91 Å². The van der Waals surface area contributed by atoms with Crippen LogP contribution in [-0.2, 0) is 19.4 Å². The molecular weight excluding hydrogens is 350 g/mol. The number of ether oxygens (including phenoxy) is 1. The van der Waals surface area contributed by atoms with Crippen molar-refractivity contribution in [3.63, 3.8) is 0 Å². The summed E-state index contributed by atoms with van der Waals surface area (Å²) in [6.07, 6.45) is 1.01. The van der Waals surface area contributed by atoms with Gasteiger partial charge in [0.05, 0.1) is 10.6 Å². The number of phenols is 2. The Labute approximate surface area is 143 Å². The lowest BCUT2D eigenvalue weighted by atomic mass is 10.2. The Morgan fingerprint density at radius 3 is 2.44 bits per heavy atom. The van der Waals surface area contributed by atoms with Crippen molar-refractivity contribution in [1.82, 2.24) is 0 Å². The highest BCUT2D eigenvalue weighted by Gasteiger charge is 2.17. The van der Waals surface area contributed by atoms with Crippen LogP contribution in [0.5, 0.6) is 11.5 Å². The van der Waals surface area contributed by atoms with Crippen LogP contribution >= 0.6 is 0 Å². The number of phenolic OH excluding ortho intramolecular Hbond substituents is 2. The van der Waals surface area contributed by atoms with Crippen LogP contribution in [0.4, 0.5) is 5.69 Å². The molecule has 0 saturated heterocycles. The molecule has 2 aromatic rings. The number of hydrogen-bond donors (Lipinski definition) is 3. The zero-order valence-electron chi connectivity index (χ0n) is 13.1. The maximum atomic E-state index is 11.9. The summed E-state index contributed by atoms with van der Waals surface area (Å²) in [5, 5.41) is 21.1. The van der Waals surface area contributed by atoms with E-state index in [1.54, 1.807) is 6.07 Å². The highest BCUT2D eigenvalue weighted by molar-refractivity contribution is 7.90. The maximum Gasteiger partial charge on any atom is 0.342 e. The smallest absolute Gasteiger partial charge is 0.342 e. The van der Waals surface area contributed by atoms with Gasteiger partial charge in [-0.2, -0.15) is 0 Å². The SMILES string of the molecule is CS(=O)(=O)c1ccccc1NC(=O)COC(=O)c1ccc(O)cc1O. The summed E-state index contributed by atoms with van der Waals surface area (Å²) in [5.41, 5.74) is -0.152. The Morgan fingerprint density at radius 2 is 1.80 bits per heavy atom. The molecule has 0 radical (unpaired) electrons. The van der Waals surface area contributed by atoms with Crippen molar-refractivity contribution in [3.05, 3.63) is 48.0 Å². The molecule has 0 aliphatic carbocycles. The third-order valence-corrected chi connectivity index (χ3v) is 4.25. The Bertz CT molecular complexity index is 922. The van der Waals surface area contributed by atoms with Crippen LogP contribution < -0.4 is 5.32 Å². The van der Waals surface area contributed by atoms with Gasteiger partial charge in [-0.05, 0) is 24.3 Å². The van der Waals surface area contributed by atoms with Gasteiger partial charge in [-0.3, -0.25) is 4.79 Å². The van der Waals surface area contributed by atoms with Gasteiger partial charge in [0.2, 0.25) is 0 Å². The molecule has 132 valence electrons. The van der Waals surface area contributed by atoms with Crippen LogP contribution in [0.25, 0.3) is 0 Å². The molecule has 0 aliphatic heterocycles. The summed E-state index contributed by atoms with van der Waals surface area (Å²) in [6, 6.07) is 9.08. The van der Waals surface area contributed by atoms with E-state index >= 15 is 0 Å². The lowest BCUT2D eigenvalue weighted by molar-refractivity contribution is -0.119. The quantitative estimate of drug-likeness (QED) is 0.681. The number of sulfone groups is 1. The summed E-state index contributed by atoms with van der Waals surface area (Å²) in [5.74, 6) is -2.44. The Kier molecular flexibility index (Phi) is 5.28. The molecule has 0 aromatic heterocycles. The van der Waals surface area contributed by atoms with Gasteiger partial charge in [0, 0.05) is 12.3 Å². The van der Waals surface area contributed by atoms with Crippen LogP contribution in [0, 0.1) is 0 Å². The van der Waals surface area contributed by atoms with Crippen molar-refractivity contribution in [2.24, 2.45) is 0 Å². The number of nitrogens with one attached hydrogen (secondary N) is 1. The molecule has 0 unspecified atom stereocenters. The summed E-state index contributed by atoms with van der Waals surface area (Å²) < 4.78 is 28.1. The van der Waals surface area contributed by atoms with E-state index in [0.29, 0.717) is 0 Å². The molecule has 1 amide bonds. The molecule has 0 bridgehead atoms. The van der Waals surface area contributed by atoms with Crippen molar-refractivity contribution in [2.45, 2.75) is 4.90 Å². The molecule has 0 spiro atoms. The first-order valence-electron chi connectivity index (χ1n) is 6.96. The number of anilines is 1. The molecule has 2 aromatic carbocycles.